The molecule has 35 heavy (non-hydrogen) atoms. The summed E-state index contributed by atoms with van der Waals surface area (Å²) in [6.45, 7) is 2.95. The van der Waals surface area contributed by atoms with Gasteiger partial charge in [0.05, 0.1) is 37.2 Å². The van der Waals surface area contributed by atoms with Gasteiger partial charge in [0.15, 0.2) is 10.9 Å². The molecule has 2 aromatic rings. The van der Waals surface area contributed by atoms with Gasteiger partial charge in [0, 0.05) is 48.1 Å². The predicted molar refractivity (Wildman–Crippen MR) is 141 cm³/mol. The van der Waals surface area contributed by atoms with E-state index < -0.39 is 5.92 Å². The second-order valence-electron chi connectivity index (χ2n) is 7.46. The lowest BCUT2D eigenvalue weighted by molar-refractivity contribution is -0.139. The molecule has 0 aromatic carbocycles. The second-order valence-corrected chi connectivity index (χ2v) is 9.82. The number of methoxy groups -OCH3 is 1. The molecule has 0 saturated heterocycles. The molecule has 0 aliphatic heterocycles. The average molecular weight is 541 g/mol. The molecule has 0 saturated carbocycles. The number of halogens is 1. The third-order valence-corrected chi connectivity index (χ3v) is 6.91. The summed E-state index contributed by atoms with van der Waals surface area (Å²) in [5.74, 6) is 0.571. The number of rotatable bonds is 12. The standard InChI is InChI=1S/C23H29ClN4O5S2/c1-5-33-19(30)12-35-23-26-21(15-8-17(29)18(31-3)9-16(15)24)20-14(10-25-2)11-28(22(20)27-23)13-32-6-7-34-4/h9-11,15,29H,5-8,12-13H2,1-4H3. The average Bonchev–Trinajstić information content (AvgIpc) is 3.19. The number of thioether (sulfide) groups is 2. The summed E-state index contributed by atoms with van der Waals surface area (Å²) in [6.07, 6.45) is 7.48. The number of hydrogen-bond acceptors (Lipinski definition) is 10. The maximum Gasteiger partial charge on any atom is 0.316 e. The van der Waals surface area contributed by atoms with Crippen LogP contribution in [0.15, 0.2) is 39.0 Å². The molecule has 1 aliphatic carbocycles. The van der Waals surface area contributed by atoms with Crippen molar-refractivity contribution in [2.45, 2.75) is 31.1 Å². The minimum Gasteiger partial charge on any atom is -0.508 e. The Bertz CT molecular complexity index is 1150. The van der Waals surface area contributed by atoms with Gasteiger partial charge in [-0.25, -0.2) is 9.97 Å². The van der Waals surface area contributed by atoms with E-state index in [0.717, 1.165) is 16.7 Å². The predicted octanol–water partition coefficient (Wildman–Crippen LogP) is 4.50. The zero-order valence-electron chi connectivity index (χ0n) is 20.1. The van der Waals surface area contributed by atoms with Crippen molar-refractivity contribution in [3.63, 3.8) is 0 Å². The van der Waals surface area contributed by atoms with Crippen molar-refractivity contribution in [1.29, 1.82) is 0 Å². The van der Waals surface area contributed by atoms with E-state index in [4.69, 9.17) is 35.8 Å². The number of carbonyl (C=O) groups is 1. The van der Waals surface area contributed by atoms with E-state index in [1.807, 2.05) is 17.0 Å². The molecular formula is C23H29ClN4O5S2. The summed E-state index contributed by atoms with van der Waals surface area (Å²) in [6, 6.07) is 0. The van der Waals surface area contributed by atoms with Gasteiger partial charge in [-0.2, -0.15) is 11.8 Å². The number of aliphatic hydroxyl groups is 1. The molecule has 1 unspecified atom stereocenters. The van der Waals surface area contributed by atoms with Crippen LogP contribution in [-0.4, -0.2) is 77.0 Å². The lowest BCUT2D eigenvalue weighted by Crippen LogP contribution is -2.13. The fraction of sp³-hybridized carbons (Fsp3) is 0.478. The van der Waals surface area contributed by atoms with Gasteiger partial charge in [-0.15, -0.1) is 0 Å². The van der Waals surface area contributed by atoms with Crippen LogP contribution in [0, 0.1) is 0 Å². The quantitative estimate of drug-likeness (QED) is 0.137. The van der Waals surface area contributed by atoms with Crippen molar-refractivity contribution in [2.75, 3.05) is 45.1 Å². The van der Waals surface area contributed by atoms with Gasteiger partial charge in [-0.3, -0.25) is 9.79 Å². The van der Waals surface area contributed by atoms with Crippen LogP contribution in [0.25, 0.3) is 11.0 Å². The number of aromatic nitrogens is 3. The Labute approximate surface area is 218 Å². The molecule has 190 valence electrons. The maximum absolute atomic E-state index is 12.0. The van der Waals surface area contributed by atoms with Crippen molar-refractivity contribution in [1.82, 2.24) is 14.5 Å². The summed E-state index contributed by atoms with van der Waals surface area (Å²) in [5.41, 5.74) is 2.06. The van der Waals surface area contributed by atoms with E-state index in [1.165, 1.54) is 18.9 Å². The minimum atomic E-state index is -0.430. The van der Waals surface area contributed by atoms with Gasteiger partial charge in [0.25, 0.3) is 0 Å². The molecule has 1 aliphatic rings. The number of ether oxygens (including phenoxy) is 3. The first kappa shape index (κ1) is 27.4. The van der Waals surface area contributed by atoms with Crippen LogP contribution < -0.4 is 0 Å². The Morgan fingerprint density at radius 2 is 2.23 bits per heavy atom. The molecule has 2 aromatic heterocycles. The Hall–Kier alpha value is -2.21. The normalized spacial score (nSPS) is 16.3. The third kappa shape index (κ3) is 6.72. The first-order valence-electron chi connectivity index (χ1n) is 10.9. The summed E-state index contributed by atoms with van der Waals surface area (Å²) in [4.78, 5) is 25.7. The molecule has 0 fully saturated rings. The Morgan fingerprint density at radius 1 is 1.43 bits per heavy atom. The van der Waals surface area contributed by atoms with Gasteiger partial charge >= 0.3 is 5.97 Å². The number of aliphatic hydroxyl groups excluding tert-OH is 1. The van der Waals surface area contributed by atoms with Crippen LogP contribution in [0.1, 0.15) is 30.5 Å². The molecule has 12 heteroatoms. The zero-order chi connectivity index (χ0) is 25.4. The number of aliphatic imine (C=N–C) groups is 1. The molecule has 0 radical (unpaired) electrons. The highest BCUT2D eigenvalue weighted by molar-refractivity contribution is 7.99. The number of carbonyl (C=O) groups excluding carboxylic acids is 1. The van der Waals surface area contributed by atoms with E-state index in [9.17, 15) is 9.90 Å². The summed E-state index contributed by atoms with van der Waals surface area (Å²) < 4.78 is 18.0. The van der Waals surface area contributed by atoms with Gasteiger partial charge < -0.3 is 23.9 Å². The van der Waals surface area contributed by atoms with Crippen molar-refractivity contribution in [2.24, 2.45) is 4.99 Å². The van der Waals surface area contributed by atoms with Crippen molar-refractivity contribution in [3.05, 3.63) is 40.1 Å². The van der Waals surface area contributed by atoms with Crippen LogP contribution in [0.4, 0.5) is 0 Å². The lowest BCUT2D eigenvalue weighted by Gasteiger charge is -2.22. The molecule has 0 spiro atoms. The number of hydrogen-bond donors (Lipinski definition) is 1. The molecular weight excluding hydrogens is 512 g/mol. The molecule has 0 amide bonds. The van der Waals surface area contributed by atoms with Crippen LogP contribution in [-0.2, 0) is 25.7 Å². The Balaban J connectivity index is 2.11. The van der Waals surface area contributed by atoms with Crippen molar-refractivity contribution < 1.29 is 24.1 Å². The monoisotopic (exact) mass is 540 g/mol. The molecule has 9 nitrogen and oxygen atoms in total. The van der Waals surface area contributed by atoms with Gasteiger partial charge in [-0.05, 0) is 19.3 Å². The highest BCUT2D eigenvalue weighted by Gasteiger charge is 2.30. The fourth-order valence-corrected chi connectivity index (χ4v) is 4.82. The number of esters is 1. The summed E-state index contributed by atoms with van der Waals surface area (Å²) >= 11 is 9.55. The zero-order valence-corrected chi connectivity index (χ0v) is 22.5. The largest absolute Gasteiger partial charge is 0.508 e. The van der Waals surface area contributed by atoms with Gasteiger partial charge in [0.1, 0.15) is 18.1 Å². The second kappa shape index (κ2) is 13.2. The number of allylic oxidation sites excluding steroid dienone is 3. The van der Waals surface area contributed by atoms with Gasteiger partial charge in [-0.1, -0.05) is 23.4 Å². The maximum atomic E-state index is 12.0. The third-order valence-electron chi connectivity index (χ3n) is 5.14. The van der Waals surface area contributed by atoms with E-state index in [1.54, 1.807) is 38.0 Å². The van der Waals surface area contributed by atoms with Crippen LogP contribution in [0.3, 0.4) is 0 Å². The fourth-order valence-electron chi connectivity index (χ4n) is 3.61. The van der Waals surface area contributed by atoms with Gasteiger partial charge in [0.2, 0.25) is 0 Å². The van der Waals surface area contributed by atoms with Crippen LogP contribution in [0.5, 0.6) is 0 Å². The first-order valence-corrected chi connectivity index (χ1v) is 13.7. The highest BCUT2D eigenvalue weighted by atomic mass is 35.5. The molecule has 0 bridgehead atoms. The number of fused-ring (bicyclic) bond motifs is 1. The Morgan fingerprint density at radius 3 is 2.91 bits per heavy atom. The lowest BCUT2D eigenvalue weighted by atomic mass is 9.92. The first-order chi connectivity index (χ1) is 16.9. The summed E-state index contributed by atoms with van der Waals surface area (Å²) in [7, 11) is 3.17. The Kier molecular flexibility index (Phi) is 10.3. The molecule has 2 heterocycles. The number of nitrogens with zero attached hydrogens (tertiary/aromatic N) is 4. The molecule has 3 rings (SSSR count). The van der Waals surface area contributed by atoms with E-state index in [0.29, 0.717) is 47.2 Å². The molecule has 1 N–H and O–H groups in total. The smallest absolute Gasteiger partial charge is 0.316 e. The molecule has 1 atom stereocenters. The van der Waals surface area contributed by atoms with Crippen molar-refractivity contribution >= 4 is 58.3 Å². The van der Waals surface area contributed by atoms with E-state index in [2.05, 4.69) is 4.99 Å². The van der Waals surface area contributed by atoms with Crippen molar-refractivity contribution in [3.8, 4) is 0 Å². The van der Waals surface area contributed by atoms with Crippen LogP contribution in [0.2, 0.25) is 0 Å². The SMILES string of the molecule is CCOC(=O)CSc1nc(C2CC(O)=C(OC)C=C2Cl)c2c(C=NC)cn(COCCSC)c2n1. The summed E-state index contributed by atoms with van der Waals surface area (Å²) in [5, 5.41) is 12.2. The topological polar surface area (TPSA) is 108 Å². The van der Waals surface area contributed by atoms with E-state index >= 15 is 0 Å². The minimum absolute atomic E-state index is 0.0697. The van der Waals surface area contributed by atoms with E-state index in [-0.39, 0.29) is 23.9 Å². The highest BCUT2D eigenvalue weighted by Crippen LogP contribution is 2.41. The van der Waals surface area contributed by atoms with Crippen LogP contribution >= 0.6 is 35.1 Å².